The summed E-state index contributed by atoms with van der Waals surface area (Å²) < 4.78 is 10.3. The van der Waals surface area contributed by atoms with Crippen LogP contribution in [0.25, 0.3) is 10.9 Å². The fourth-order valence-electron chi connectivity index (χ4n) is 2.48. The minimum atomic E-state index is -0.558. The zero-order valence-corrected chi connectivity index (χ0v) is 15.7. The van der Waals surface area contributed by atoms with Crippen molar-refractivity contribution < 1.29 is 19.1 Å². The maximum atomic E-state index is 12.1. The number of hydrogen-bond donors (Lipinski definition) is 1. The molecule has 0 saturated carbocycles. The lowest BCUT2D eigenvalue weighted by atomic mass is 10.1. The molecular formula is C18H23ClN2O4. The summed E-state index contributed by atoms with van der Waals surface area (Å²) >= 11 is 6.06. The molecule has 0 amide bonds. The quantitative estimate of drug-likeness (QED) is 0.624. The van der Waals surface area contributed by atoms with E-state index < -0.39 is 5.60 Å². The fourth-order valence-corrected chi connectivity index (χ4v) is 2.69. The van der Waals surface area contributed by atoms with Crippen molar-refractivity contribution in [2.45, 2.75) is 52.6 Å². The summed E-state index contributed by atoms with van der Waals surface area (Å²) in [6.45, 7) is 7.59. The van der Waals surface area contributed by atoms with Crippen LogP contribution in [0.3, 0.4) is 0 Å². The predicted molar refractivity (Wildman–Crippen MR) is 95.6 cm³/mol. The van der Waals surface area contributed by atoms with Crippen LogP contribution in [0.15, 0.2) is 12.1 Å². The molecule has 0 aliphatic rings. The van der Waals surface area contributed by atoms with E-state index in [0.717, 1.165) is 16.6 Å². The molecule has 0 fully saturated rings. The summed E-state index contributed by atoms with van der Waals surface area (Å²) in [5, 5.41) is 1.10. The van der Waals surface area contributed by atoms with Crippen molar-refractivity contribution in [1.29, 1.82) is 0 Å². The van der Waals surface area contributed by atoms with Crippen LogP contribution in [0.4, 0.5) is 0 Å². The van der Waals surface area contributed by atoms with Crippen LogP contribution in [0.1, 0.15) is 45.5 Å². The second-order valence-corrected chi connectivity index (χ2v) is 7.10. The maximum absolute atomic E-state index is 12.1. The number of nitrogens with one attached hydrogen (secondary N) is 1. The van der Waals surface area contributed by atoms with Crippen LogP contribution in [-0.2, 0) is 31.9 Å². The molecule has 6 nitrogen and oxygen atoms in total. The molecule has 25 heavy (non-hydrogen) atoms. The van der Waals surface area contributed by atoms with E-state index in [1.54, 1.807) is 13.0 Å². The summed E-state index contributed by atoms with van der Waals surface area (Å²) in [6, 6.07) is 3.58. The molecule has 0 bridgehead atoms. The van der Waals surface area contributed by atoms with Gasteiger partial charge in [-0.05, 0) is 46.2 Å². The van der Waals surface area contributed by atoms with E-state index in [9.17, 15) is 9.59 Å². The first kappa shape index (κ1) is 19.2. The van der Waals surface area contributed by atoms with Gasteiger partial charge in [0, 0.05) is 11.1 Å². The van der Waals surface area contributed by atoms with Crippen LogP contribution in [0.2, 0.25) is 5.15 Å². The van der Waals surface area contributed by atoms with Gasteiger partial charge in [0.1, 0.15) is 10.8 Å². The molecular weight excluding hydrogens is 344 g/mol. The van der Waals surface area contributed by atoms with Gasteiger partial charge in [0.2, 0.25) is 0 Å². The van der Waals surface area contributed by atoms with Gasteiger partial charge < -0.3 is 14.5 Å². The van der Waals surface area contributed by atoms with Gasteiger partial charge in [0.25, 0.3) is 0 Å². The Morgan fingerprint density at radius 3 is 2.60 bits per heavy atom. The minimum Gasteiger partial charge on any atom is -0.466 e. The summed E-state index contributed by atoms with van der Waals surface area (Å²) in [4.78, 5) is 31.1. The minimum absolute atomic E-state index is 0.0312. The number of esters is 2. The number of rotatable bonds is 6. The Labute approximate surface area is 151 Å². The molecule has 0 saturated heterocycles. The summed E-state index contributed by atoms with van der Waals surface area (Å²) in [5.74, 6) is -0.607. The molecule has 2 heterocycles. The van der Waals surface area contributed by atoms with Gasteiger partial charge in [0.15, 0.2) is 0 Å². The molecule has 136 valence electrons. The number of nitrogens with zero attached hydrogens (tertiary/aromatic N) is 1. The Balaban J connectivity index is 2.20. The van der Waals surface area contributed by atoms with Gasteiger partial charge in [0.05, 0.1) is 30.7 Å². The lowest BCUT2D eigenvalue weighted by Crippen LogP contribution is -2.25. The van der Waals surface area contributed by atoms with Crippen molar-refractivity contribution in [3.63, 3.8) is 0 Å². The van der Waals surface area contributed by atoms with Crippen LogP contribution in [-0.4, -0.2) is 34.1 Å². The Morgan fingerprint density at radius 2 is 1.96 bits per heavy atom. The molecule has 0 unspecified atom stereocenters. The Hall–Kier alpha value is -2.08. The van der Waals surface area contributed by atoms with E-state index >= 15 is 0 Å². The van der Waals surface area contributed by atoms with Crippen LogP contribution in [0.5, 0.6) is 0 Å². The third-order valence-electron chi connectivity index (χ3n) is 3.36. The van der Waals surface area contributed by atoms with Crippen molar-refractivity contribution in [1.82, 2.24) is 9.97 Å². The zero-order chi connectivity index (χ0) is 18.6. The first-order valence-electron chi connectivity index (χ1n) is 8.22. The largest absolute Gasteiger partial charge is 0.466 e. The van der Waals surface area contributed by atoms with Crippen molar-refractivity contribution in [3.05, 3.63) is 28.7 Å². The highest BCUT2D eigenvalue weighted by molar-refractivity contribution is 6.30. The van der Waals surface area contributed by atoms with E-state index in [0.29, 0.717) is 23.9 Å². The van der Waals surface area contributed by atoms with Crippen molar-refractivity contribution in [2.24, 2.45) is 0 Å². The molecule has 0 spiro atoms. The number of aromatic amines is 1. The topological polar surface area (TPSA) is 81.3 Å². The second-order valence-electron chi connectivity index (χ2n) is 6.72. The smallest absolute Gasteiger partial charge is 0.312 e. The summed E-state index contributed by atoms with van der Waals surface area (Å²) in [6.07, 6.45) is 0.823. The van der Waals surface area contributed by atoms with Crippen LogP contribution in [0, 0.1) is 0 Å². The monoisotopic (exact) mass is 366 g/mol. The average Bonchev–Trinajstić information content (AvgIpc) is 2.86. The number of aromatic nitrogens is 2. The Kier molecular flexibility index (Phi) is 6.06. The molecule has 7 heteroatoms. The highest BCUT2D eigenvalue weighted by Gasteiger charge is 2.19. The molecule has 0 aliphatic carbocycles. The average molecular weight is 367 g/mol. The number of aryl methyl sites for hydroxylation is 1. The van der Waals surface area contributed by atoms with Gasteiger partial charge in [-0.15, -0.1) is 0 Å². The van der Waals surface area contributed by atoms with Gasteiger partial charge in [-0.3, -0.25) is 9.59 Å². The van der Waals surface area contributed by atoms with E-state index in [1.165, 1.54) is 0 Å². The SMILES string of the molecule is CCOC(=O)CCc1cc2c(CC(=O)OC(C)(C)C)nc(Cl)cc2[nH]1. The zero-order valence-electron chi connectivity index (χ0n) is 14.9. The number of pyridine rings is 1. The van der Waals surface area contributed by atoms with Gasteiger partial charge in [-0.1, -0.05) is 11.6 Å². The first-order valence-corrected chi connectivity index (χ1v) is 8.60. The van der Waals surface area contributed by atoms with Gasteiger partial charge in [-0.2, -0.15) is 0 Å². The number of carbonyl (C=O) groups is 2. The number of hydrogen-bond acceptors (Lipinski definition) is 5. The second kappa shape index (κ2) is 7.87. The predicted octanol–water partition coefficient (Wildman–Crippen LogP) is 3.60. The Morgan fingerprint density at radius 1 is 1.24 bits per heavy atom. The molecule has 2 aromatic rings. The summed E-state index contributed by atoms with van der Waals surface area (Å²) in [5.41, 5.74) is 1.63. The molecule has 2 aromatic heterocycles. The molecule has 2 rings (SSSR count). The van der Waals surface area contributed by atoms with Crippen molar-refractivity contribution in [2.75, 3.05) is 6.61 Å². The first-order chi connectivity index (χ1) is 11.7. The van der Waals surface area contributed by atoms with Crippen molar-refractivity contribution in [3.8, 4) is 0 Å². The highest BCUT2D eigenvalue weighted by atomic mass is 35.5. The third-order valence-corrected chi connectivity index (χ3v) is 3.55. The molecule has 1 N–H and O–H groups in total. The van der Waals surface area contributed by atoms with E-state index in [1.807, 2.05) is 26.8 Å². The normalized spacial score (nSPS) is 11.6. The maximum Gasteiger partial charge on any atom is 0.312 e. The number of carbonyl (C=O) groups excluding carboxylic acids is 2. The number of halogens is 1. The number of ether oxygens (including phenoxy) is 2. The number of fused-ring (bicyclic) bond motifs is 1. The lowest BCUT2D eigenvalue weighted by Gasteiger charge is -2.19. The van der Waals surface area contributed by atoms with E-state index in [2.05, 4.69) is 9.97 Å². The fraction of sp³-hybridized carbons (Fsp3) is 0.500. The van der Waals surface area contributed by atoms with Crippen LogP contribution < -0.4 is 0 Å². The van der Waals surface area contributed by atoms with Gasteiger partial charge in [-0.25, -0.2) is 4.98 Å². The summed E-state index contributed by atoms with van der Waals surface area (Å²) in [7, 11) is 0. The standard InChI is InChI=1S/C18H23ClN2O4/c1-5-24-16(22)7-6-11-8-12-13(20-11)9-15(19)21-14(12)10-17(23)25-18(2,3)4/h8-9,20H,5-7,10H2,1-4H3. The third kappa shape index (κ3) is 5.74. The molecule has 0 radical (unpaired) electrons. The van der Waals surface area contributed by atoms with Crippen LogP contribution >= 0.6 is 11.6 Å². The Bertz CT molecular complexity index is 777. The van der Waals surface area contributed by atoms with E-state index in [4.69, 9.17) is 21.1 Å². The van der Waals surface area contributed by atoms with Gasteiger partial charge >= 0.3 is 11.9 Å². The lowest BCUT2D eigenvalue weighted by molar-refractivity contribution is -0.154. The molecule has 0 atom stereocenters. The molecule has 0 aromatic carbocycles. The molecule has 0 aliphatic heterocycles. The van der Waals surface area contributed by atoms with E-state index in [-0.39, 0.29) is 24.8 Å². The number of H-pyrrole nitrogens is 1. The highest BCUT2D eigenvalue weighted by Crippen LogP contribution is 2.24. The van der Waals surface area contributed by atoms with Crippen molar-refractivity contribution >= 4 is 34.4 Å².